The van der Waals surface area contributed by atoms with E-state index < -0.39 is 0 Å². The first-order chi connectivity index (χ1) is 6.50. The second kappa shape index (κ2) is 2.67. The second-order valence-electron chi connectivity index (χ2n) is 4.34. The molecule has 5 nitrogen and oxygen atoms in total. The standard InChI is InChI=1S/C9H13N5/c1-9(2,3)7-6-5(12-13-7)4-11-14-8(6)10/h4H,1-3H3,(H2,10,14)(H,12,13). The first-order valence-electron chi connectivity index (χ1n) is 4.46. The Morgan fingerprint density at radius 2 is 2.07 bits per heavy atom. The fourth-order valence-corrected chi connectivity index (χ4v) is 1.45. The number of fused-ring (bicyclic) bond motifs is 1. The van der Waals surface area contributed by atoms with Gasteiger partial charge in [0.25, 0.3) is 0 Å². The Labute approximate surface area is 81.7 Å². The van der Waals surface area contributed by atoms with Gasteiger partial charge in [0.05, 0.1) is 17.3 Å². The van der Waals surface area contributed by atoms with Crippen LogP contribution in [0.15, 0.2) is 6.20 Å². The minimum atomic E-state index is -0.0219. The maximum atomic E-state index is 5.76. The van der Waals surface area contributed by atoms with Crippen LogP contribution < -0.4 is 5.73 Å². The summed E-state index contributed by atoms with van der Waals surface area (Å²) in [5, 5.41) is 15.6. The number of aromatic nitrogens is 4. The molecule has 74 valence electrons. The van der Waals surface area contributed by atoms with Crippen LogP contribution in [-0.2, 0) is 5.41 Å². The van der Waals surface area contributed by atoms with Gasteiger partial charge in [-0.15, -0.1) is 5.10 Å². The van der Waals surface area contributed by atoms with Gasteiger partial charge in [0.15, 0.2) is 5.82 Å². The van der Waals surface area contributed by atoms with Crippen molar-refractivity contribution in [1.82, 2.24) is 20.4 Å². The highest BCUT2D eigenvalue weighted by atomic mass is 15.2. The Balaban J connectivity index is 2.80. The number of nitrogens with one attached hydrogen (secondary N) is 1. The number of nitrogens with zero attached hydrogens (tertiary/aromatic N) is 3. The molecule has 0 amide bonds. The highest BCUT2D eigenvalue weighted by Crippen LogP contribution is 2.29. The minimum Gasteiger partial charge on any atom is -0.382 e. The van der Waals surface area contributed by atoms with Gasteiger partial charge in [-0.25, -0.2) is 0 Å². The summed E-state index contributed by atoms with van der Waals surface area (Å²) in [6.45, 7) is 6.29. The van der Waals surface area contributed by atoms with Gasteiger partial charge in [0, 0.05) is 5.41 Å². The number of aromatic amines is 1. The molecule has 5 heteroatoms. The van der Waals surface area contributed by atoms with E-state index in [1.165, 1.54) is 0 Å². The van der Waals surface area contributed by atoms with Crippen molar-refractivity contribution in [2.24, 2.45) is 0 Å². The summed E-state index contributed by atoms with van der Waals surface area (Å²) in [6, 6.07) is 0. The van der Waals surface area contributed by atoms with Gasteiger partial charge in [-0.3, -0.25) is 5.10 Å². The van der Waals surface area contributed by atoms with E-state index in [9.17, 15) is 0 Å². The number of hydrogen-bond acceptors (Lipinski definition) is 4. The van der Waals surface area contributed by atoms with Crippen LogP contribution in [-0.4, -0.2) is 20.4 Å². The topological polar surface area (TPSA) is 80.5 Å². The van der Waals surface area contributed by atoms with E-state index in [2.05, 4.69) is 41.2 Å². The maximum absolute atomic E-state index is 5.76. The van der Waals surface area contributed by atoms with Crippen molar-refractivity contribution in [2.75, 3.05) is 5.73 Å². The lowest BCUT2D eigenvalue weighted by molar-refractivity contribution is 0.571. The third-order valence-electron chi connectivity index (χ3n) is 2.15. The molecule has 0 atom stereocenters. The number of nitrogens with two attached hydrogens (primary N) is 1. The summed E-state index contributed by atoms with van der Waals surface area (Å²) < 4.78 is 0. The molecule has 2 heterocycles. The molecule has 2 aromatic rings. The van der Waals surface area contributed by atoms with E-state index in [0.29, 0.717) is 5.82 Å². The SMILES string of the molecule is CC(C)(C)c1[nH]nc2cnnc(N)c12. The summed E-state index contributed by atoms with van der Waals surface area (Å²) in [6.07, 6.45) is 1.61. The number of anilines is 1. The molecule has 2 rings (SSSR count). The molecule has 0 unspecified atom stereocenters. The molecule has 0 bridgehead atoms. The van der Waals surface area contributed by atoms with Crippen LogP contribution in [0, 0.1) is 0 Å². The van der Waals surface area contributed by atoms with Crippen molar-refractivity contribution in [1.29, 1.82) is 0 Å². The van der Waals surface area contributed by atoms with Crippen LogP contribution in [0.5, 0.6) is 0 Å². The van der Waals surface area contributed by atoms with Crippen LogP contribution in [0.3, 0.4) is 0 Å². The summed E-state index contributed by atoms with van der Waals surface area (Å²) in [7, 11) is 0. The monoisotopic (exact) mass is 191 g/mol. The van der Waals surface area contributed by atoms with E-state index in [1.54, 1.807) is 6.20 Å². The van der Waals surface area contributed by atoms with Gasteiger partial charge < -0.3 is 5.73 Å². The third-order valence-corrected chi connectivity index (χ3v) is 2.15. The second-order valence-corrected chi connectivity index (χ2v) is 4.34. The Kier molecular flexibility index (Phi) is 1.70. The van der Waals surface area contributed by atoms with E-state index in [4.69, 9.17) is 5.73 Å². The zero-order chi connectivity index (χ0) is 10.3. The van der Waals surface area contributed by atoms with Crippen LogP contribution in [0.1, 0.15) is 26.5 Å². The minimum absolute atomic E-state index is 0.0219. The van der Waals surface area contributed by atoms with Gasteiger partial charge in [-0.2, -0.15) is 10.2 Å². The number of nitrogen functional groups attached to an aromatic ring is 1. The third kappa shape index (κ3) is 1.21. The van der Waals surface area contributed by atoms with Gasteiger partial charge >= 0.3 is 0 Å². The van der Waals surface area contributed by atoms with Crippen LogP contribution >= 0.6 is 0 Å². The molecule has 0 aliphatic carbocycles. The molecule has 2 aromatic heterocycles. The van der Waals surface area contributed by atoms with Gasteiger partial charge in [-0.05, 0) is 0 Å². The van der Waals surface area contributed by atoms with Crippen LogP contribution in [0.4, 0.5) is 5.82 Å². The average molecular weight is 191 g/mol. The molecule has 0 radical (unpaired) electrons. The zero-order valence-corrected chi connectivity index (χ0v) is 8.50. The summed E-state index contributed by atoms with van der Waals surface area (Å²) in [5.74, 6) is 0.432. The van der Waals surface area contributed by atoms with Crippen LogP contribution in [0.25, 0.3) is 10.9 Å². The van der Waals surface area contributed by atoms with Crippen molar-refractivity contribution < 1.29 is 0 Å². The van der Waals surface area contributed by atoms with Crippen molar-refractivity contribution >= 4 is 16.7 Å². The van der Waals surface area contributed by atoms with Crippen molar-refractivity contribution in [2.45, 2.75) is 26.2 Å². The average Bonchev–Trinajstić information content (AvgIpc) is 2.47. The molecule has 14 heavy (non-hydrogen) atoms. The van der Waals surface area contributed by atoms with Gasteiger partial charge in [0.1, 0.15) is 5.52 Å². The van der Waals surface area contributed by atoms with E-state index in [-0.39, 0.29) is 5.41 Å². The fraction of sp³-hybridized carbons (Fsp3) is 0.444. The molecule has 3 N–H and O–H groups in total. The molecule has 0 aromatic carbocycles. The largest absolute Gasteiger partial charge is 0.382 e. The highest BCUT2D eigenvalue weighted by molar-refractivity contribution is 5.90. The summed E-state index contributed by atoms with van der Waals surface area (Å²) in [5.41, 5.74) is 7.51. The summed E-state index contributed by atoms with van der Waals surface area (Å²) in [4.78, 5) is 0. The van der Waals surface area contributed by atoms with Crippen LogP contribution in [0.2, 0.25) is 0 Å². The molecule has 0 saturated heterocycles. The Morgan fingerprint density at radius 1 is 1.36 bits per heavy atom. The summed E-state index contributed by atoms with van der Waals surface area (Å²) >= 11 is 0. The molecular formula is C9H13N5. The highest BCUT2D eigenvalue weighted by Gasteiger charge is 2.21. The fourth-order valence-electron chi connectivity index (χ4n) is 1.45. The van der Waals surface area contributed by atoms with Crippen molar-refractivity contribution in [3.63, 3.8) is 0 Å². The molecule has 0 aliphatic heterocycles. The number of hydrogen-bond donors (Lipinski definition) is 2. The lowest BCUT2D eigenvalue weighted by Crippen LogP contribution is -2.12. The number of H-pyrrole nitrogens is 1. The molecule has 0 fully saturated rings. The first-order valence-corrected chi connectivity index (χ1v) is 4.46. The lowest BCUT2D eigenvalue weighted by atomic mass is 9.90. The maximum Gasteiger partial charge on any atom is 0.157 e. The zero-order valence-electron chi connectivity index (χ0n) is 8.50. The number of rotatable bonds is 0. The van der Waals surface area contributed by atoms with Gasteiger partial charge in [0.2, 0.25) is 0 Å². The predicted octanol–water partition coefficient (Wildman–Crippen LogP) is 1.23. The molecule has 0 aliphatic rings. The Morgan fingerprint density at radius 3 is 2.71 bits per heavy atom. The normalized spacial score (nSPS) is 12.2. The smallest absolute Gasteiger partial charge is 0.157 e. The first kappa shape index (κ1) is 8.93. The van der Waals surface area contributed by atoms with E-state index in [1.807, 2.05) is 0 Å². The van der Waals surface area contributed by atoms with Gasteiger partial charge in [-0.1, -0.05) is 20.8 Å². The lowest BCUT2D eigenvalue weighted by Gasteiger charge is -2.16. The quantitative estimate of drug-likeness (QED) is 0.656. The van der Waals surface area contributed by atoms with Crippen molar-refractivity contribution in [3.8, 4) is 0 Å². The van der Waals surface area contributed by atoms with E-state index >= 15 is 0 Å². The Bertz CT molecular complexity index is 465. The predicted molar refractivity (Wildman–Crippen MR) is 54.8 cm³/mol. The molecule has 0 spiro atoms. The molecular weight excluding hydrogens is 178 g/mol. The Hall–Kier alpha value is -1.65. The van der Waals surface area contributed by atoms with E-state index in [0.717, 1.165) is 16.6 Å². The molecule has 0 saturated carbocycles. The van der Waals surface area contributed by atoms with Crippen molar-refractivity contribution in [3.05, 3.63) is 11.9 Å².